The fourth-order valence-electron chi connectivity index (χ4n) is 7.96. The maximum Gasteiger partial charge on any atom is 0.257 e. The second kappa shape index (κ2) is 10.7. The molecule has 1 spiro atoms. The third-order valence-electron chi connectivity index (χ3n) is 9.91. The first-order valence-corrected chi connectivity index (χ1v) is 16.0. The van der Waals surface area contributed by atoms with Crippen LogP contribution in [0.15, 0.2) is 97.3 Å². The van der Waals surface area contributed by atoms with E-state index in [9.17, 15) is 0 Å². The van der Waals surface area contributed by atoms with Crippen molar-refractivity contribution in [3.8, 4) is 28.6 Å². The van der Waals surface area contributed by atoms with Crippen molar-refractivity contribution in [2.75, 3.05) is 0 Å². The van der Waals surface area contributed by atoms with Crippen LogP contribution < -0.4 is 9.30 Å². The van der Waals surface area contributed by atoms with Gasteiger partial charge in [-0.25, -0.2) is 14.1 Å². The van der Waals surface area contributed by atoms with Crippen molar-refractivity contribution in [2.24, 2.45) is 7.05 Å². The van der Waals surface area contributed by atoms with E-state index >= 15 is 0 Å². The highest BCUT2D eigenvalue weighted by Crippen LogP contribution is 2.44. The number of rotatable bonds is 4. The van der Waals surface area contributed by atoms with Crippen molar-refractivity contribution in [3.63, 3.8) is 0 Å². The molecule has 1 aliphatic carbocycles. The fourth-order valence-corrected chi connectivity index (χ4v) is 7.96. The second-order valence-corrected chi connectivity index (χ2v) is 12.6. The van der Waals surface area contributed by atoms with Gasteiger partial charge < -0.3 is 4.74 Å². The summed E-state index contributed by atoms with van der Waals surface area (Å²) in [7, 11) is 2.23. The van der Waals surface area contributed by atoms with Crippen LogP contribution in [0.1, 0.15) is 63.6 Å². The summed E-state index contributed by atoms with van der Waals surface area (Å²) in [5.74, 6) is 4.06. The van der Waals surface area contributed by atoms with Crippen LogP contribution in [0, 0.1) is 0 Å². The summed E-state index contributed by atoms with van der Waals surface area (Å²) in [4.78, 5) is 4.68. The Kier molecular flexibility index (Phi) is 6.54. The molecule has 5 nitrogen and oxygen atoms in total. The van der Waals surface area contributed by atoms with Crippen LogP contribution in [0.25, 0.3) is 38.9 Å². The molecule has 6 aromatic rings. The van der Waals surface area contributed by atoms with Crippen molar-refractivity contribution >= 4 is 21.8 Å². The number of imidazole rings is 1. The van der Waals surface area contributed by atoms with Gasteiger partial charge in [-0.05, 0) is 81.0 Å². The molecule has 0 radical (unpaired) electrons. The number of para-hydroxylation sites is 1. The molecule has 5 heteroatoms. The number of aromatic nitrogens is 4. The van der Waals surface area contributed by atoms with Gasteiger partial charge in [-0.3, -0.25) is 4.57 Å². The minimum atomic E-state index is 0.241. The molecule has 0 saturated heterocycles. The molecule has 0 unspecified atom stereocenters. The summed E-state index contributed by atoms with van der Waals surface area (Å²) >= 11 is 0. The van der Waals surface area contributed by atoms with Gasteiger partial charge in [-0.15, -0.1) is 0 Å². The highest BCUT2D eigenvalue weighted by Gasteiger charge is 2.44. The first-order chi connectivity index (χ1) is 21.2. The third-order valence-corrected chi connectivity index (χ3v) is 9.91. The molecule has 1 fully saturated rings. The fraction of sp³-hybridized carbons (Fsp3) is 0.316. The molecule has 1 aliphatic heterocycles. The lowest BCUT2D eigenvalue weighted by molar-refractivity contribution is -0.679. The smallest absolute Gasteiger partial charge is 0.257 e. The molecule has 1 saturated carbocycles. The summed E-state index contributed by atoms with van der Waals surface area (Å²) in [6, 6.07) is 29.7. The first-order valence-electron chi connectivity index (χ1n) is 16.0. The first kappa shape index (κ1) is 26.3. The van der Waals surface area contributed by atoms with Crippen LogP contribution in [0.4, 0.5) is 0 Å². The van der Waals surface area contributed by atoms with Crippen molar-refractivity contribution in [1.82, 2.24) is 14.1 Å². The minimum Gasteiger partial charge on any atom is -0.457 e. The molecule has 0 atom stereocenters. The molecule has 4 heterocycles. The molecular formula is C38H39N4O+. The predicted molar refractivity (Wildman–Crippen MR) is 173 cm³/mol. The van der Waals surface area contributed by atoms with Crippen LogP contribution in [0.2, 0.25) is 0 Å². The summed E-state index contributed by atoms with van der Waals surface area (Å²) in [6.45, 7) is 0. The van der Waals surface area contributed by atoms with Gasteiger partial charge in [0.25, 0.3) is 5.82 Å². The van der Waals surface area contributed by atoms with Gasteiger partial charge in [0.05, 0.1) is 18.1 Å². The Labute approximate surface area is 253 Å². The average molecular weight is 568 g/mol. The Morgan fingerprint density at radius 3 is 2.35 bits per heavy atom. The highest BCUT2D eigenvalue weighted by molar-refractivity contribution is 6.09. The molecule has 43 heavy (non-hydrogen) atoms. The highest BCUT2D eigenvalue weighted by atomic mass is 16.5. The molecule has 0 amide bonds. The normalized spacial score (nSPS) is 16.7. The van der Waals surface area contributed by atoms with E-state index in [1.54, 1.807) is 0 Å². The average Bonchev–Trinajstić information content (AvgIpc) is 3.55. The summed E-state index contributed by atoms with van der Waals surface area (Å²) in [5.41, 5.74) is 5.03. The molecular weight excluding hydrogens is 528 g/mol. The summed E-state index contributed by atoms with van der Waals surface area (Å²) in [5, 5.41) is 2.41. The Morgan fingerprint density at radius 1 is 0.721 bits per heavy atom. The zero-order chi connectivity index (χ0) is 28.8. The molecule has 216 valence electrons. The third kappa shape index (κ3) is 4.53. The number of hydrogen-bond acceptors (Lipinski definition) is 2. The minimum absolute atomic E-state index is 0.241. The van der Waals surface area contributed by atoms with Gasteiger partial charge >= 0.3 is 0 Å². The maximum absolute atomic E-state index is 6.61. The van der Waals surface area contributed by atoms with Gasteiger partial charge in [0.15, 0.2) is 5.69 Å². The van der Waals surface area contributed by atoms with E-state index < -0.39 is 0 Å². The van der Waals surface area contributed by atoms with Gasteiger partial charge in [-0.2, -0.15) is 0 Å². The standard InChI is InChI=1S/C38H39N4O/c1-40-27-35(42-37(40)18-12-23-38(42)21-8-3-2-4-9-22-38)28-13-11-14-29(25-28)43-30-19-20-32-31-15-5-6-16-33(31)41(34(32)26-30)36-17-7-10-24-39-36/h5-7,10-11,13-17,19-20,24-27H,2-4,8-9,12,18,21-23H2,1H3/q+1. The zero-order valence-corrected chi connectivity index (χ0v) is 25.0. The van der Waals surface area contributed by atoms with E-state index in [1.165, 1.54) is 85.6 Å². The van der Waals surface area contributed by atoms with Crippen LogP contribution >= 0.6 is 0 Å². The number of nitrogens with zero attached hydrogens (tertiary/aromatic N) is 4. The SMILES string of the molecule is C[n+]1cc(-c2cccc(Oc3ccc4c5ccccc5n(-c5ccccn5)c4c3)c2)n2c1CCCC21CCCCCCC1. The summed E-state index contributed by atoms with van der Waals surface area (Å²) in [6.07, 6.45) is 17.3. The Hall–Kier alpha value is -4.38. The van der Waals surface area contributed by atoms with Gasteiger partial charge in [0.2, 0.25) is 0 Å². The van der Waals surface area contributed by atoms with E-state index in [-0.39, 0.29) is 5.54 Å². The van der Waals surface area contributed by atoms with E-state index in [2.05, 4.69) is 105 Å². The number of pyridine rings is 1. The second-order valence-electron chi connectivity index (χ2n) is 12.6. The number of ether oxygens (including phenoxy) is 1. The molecule has 2 aliphatic rings. The van der Waals surface area contributed by atoms with Gasteiger partial charge in [-0.1, -0.05) is 55.7 Å². The molecule has 8 rings (SSSR count). The number of hydrogen-bond donors (Lipinski definition) is 0. The van der Waals surface area contributed by atoms with E-state index in [0.29, 0.717) is 0 Å². The van der Waals surface area contributed by atoms with Crippen LogP contribution in [0.3, 0.4) is 0 Å². The van der Waals surface area contributed by atoms with E-state index in [1.807, 2.05) is 18.3 Å². The van der Waals surface area contributed by atoms with Crippen molar-refractivity contribution in [3.05, 3.63) is 103 Å². The molecule has 0 bridgehead atoms. The Balaban J connectivity index is 1.19. The number of aryl methyl sites for hydroxylation is 1. The van der Waals surface area contributed by atoms with Crippen LogP contribution in [0.5, 0.6) is 11.5 Å². The molecule has 0 N–H and O–H groups in total. The largest absolute Gasteiger partial charge is 0.457 e. The lowest BCUT2D eigenvalue weighted by atomic mass is 9.77. The lowest BCUT2D eigenvalue weighted by Crippen LogP contribution is -2.43. The van der Waals surface area contributed by atoms with Crippen molar-refractivity contribution in [1.29, 1.82) is 0 Å². The monoisotopic (exact) mass is 567 g/mol. The van der Waals surface area contributed by atoms with Crippen molar-refractivity contribution < 1.29 is 9.30 Å². The quantitative estimate of drug-likeness (QED) is 0.199. The van der Waals surface area contributed by atoms with Crippen molar-refractivity contribution in [2.45, 2.75) is 69.7 Å². The number of fused-ring (bicyclic) bond motifs is 5. The van der Waals surface area contributed by atoms with E-state index in [0.717, 1.165) is 34.8 Å². The molecule has 3 aromatic heterocycles. The molecule has 3 aromatic carbocycles. The zero-order valence-electron chi connectivity index (χ0n) is 25.0. The predicted octanol–water partition coefficient (Wildman–Crippen LogP) is 9.04. The van der Waals surface area contributed by atoms with Crippen LogP contribution in [-0.2, 0) is 19.0 Å². The Bertz CT molecular complexity index is 1920. The maximum atomic E-state index is 6.61. The van der Waals surface area contributed by atoms with Gasteiger partial charge in [0, 0.05) is 35.0 Å². The summed E-state index contributed by atoms with van der Waals surface area (Å²) < 4.78 is 14.0. The van der Waals surface area contributed by atoms with E-state index in [4.69, 9.17) is 4.74 Å². The topological polar surface area (TPSA) is 35.9 Å². The van der Waals surface area contributed by atoms with Gasteiger partial charge in [0.1, 0.15) is 29.1 Å². The Morgan fingerprint density at radius 2 is 1.49 bits per heavy atom. The number of benzene rings is 3. The van der Waals surface area contributed by atoms with Crippen LogP contribution in [-0.4, -0.2) is 14.1 Å². The lowest BCUT2D eigenvalue weighted by Gasteiger charge is -2.37.